The summed E-state index contributed by atoms with van der Waals surface area (Å²) in [5.41, 5.74) is 0. The number of phenols is 1. The topological polar surface area (TPSA) is 29.5 Å². The average Bonchev–Trinajstić information content (AvgIpc) is 1.97. The lowest BCUT2D eigenvalue weighted by Crippen LogP contribution is -1.83. The zero-order valence-corrected chi connectivity index (χ0v) is 8.94. The van der Waals surface area contributed by atoms with Crippen LogP contribution in [0.25, 0.3) is 0 Å². The van der Waals surface area contributed by atoms with Gasteiger partial charge in [-0.1, -0.05) is 0 Å². The SMILES string of the molecule is COc1cc(Br)c(O)cc1Br. The summed E-state index contributed by atoms with van der Waals surface area (Å²) in [7, 11) is 1.57. The van der Waals surface area contributed by atoms with E-state index < -0.39 is 0 Å². The minimum Gasteiger partial charge on any atom is -0.507 e. The van der Waals surface area contributed by atoms with Gasteiger partial charge in [0, 0.05) is 0 Å². The molecule has 2 nitrogen and oxygen atoms in total. The maximum atomic E-state index is 9.19. The lowest BCUT2D eigenvalue weighted by Gasteiger charge is -2.04. The van der Waals surface area contributed by atoms with Crippen LogP contribution in [0.2, 0.25) is 0 Å². The van der Waals surface area contributed by atoms with E-state index in [4.69, 9.17) is 4.74 Å². The first-order valence-corrected chi connectivity index (χ1v) is 4.45. The molecule has 60 valence electrons. The van der Waals surface area contributed by atoms with Gasteiger partial charge in [-0.2, -0.15) is 0 Å². The highest BCUT2D eigenvalue weighted by Gasteiger charge is 2.04. The Morgan fingerprint density at radius 1 is 1.27 bits per heavy atom. The molecule has 0 spiro atoms. The van der Waals surface area contributed by atoms with E-state index in [1.165, 1.54) is 0 Å². The highest BCUT2D eigenvalue weighted by molar-refractivity contribution is 9.11. The Labute approximate surface area is 81.4 Å². The van der Waals surface area contributed by atoms with E-state index in [0.717, 1.165) is 4.47 Å². The fourth-order valence-corrected chi connectivity index (χ4v) is 1.49. The molecule has 0 aliphatic rings. The normalized spacial score (nSPS) is 9.73. The first-order chi connectivity index (χ1) is 5.15. The number of hydrogen-bond donors (Lipinski definition) is 1. The maximum absolute atomic E-state index is 9.19. The van der Waals surface area contributed by atoms with Crippen molar-refractivity contribution in [3.8, 4) is 11.5 Å². The number of methoxy groups -OCH3 is 1. The molecular formula is C7H6Br2O2. The summed E-state index contributed by atoms with van der Waals surface area (Å²) in [5, 5.41) is 9.19. The van der Waals surface area contributed by atoms with Gasteiger partial charge in [0.05, 0.1) is 16.1 Å². The second-order valence-electron chi connectivity index (χ2n) is 1.94. The fraction of sp³-hybridized carbons (Fsp3) is 0.143. The Morgan fingerprint density at radius 3 is 2.45 bits per heavy atom. The van der Waals surface area contributed by atoms with Gasteiger partial charge in [-0.3, -0.25) is 0 Å². The van der Waals surface area contributed by atoms with E-state index in [2.05, 4.69) is 31.9 Å². The molecule has 0 bridgehead atoms. The largest absolute Gasteiger partial charge is 0.507 e. The van der Waals surface area contributed by atoms with Gasteiger partial charge in [0.25, 0.3) is 0 Å². The van der Waals surface area contributed by atoms with Gasteiger partial charge in [-0.25, -0.2) is 0 Å². The molecule has 0 aromatic heterocycles. The molecule has 0 atom stereocenters. The van der Waals surface area contributed by atoms with E-state index in [0.29, 0.717) is 10.2 Å². The van der Waals surface area contributed by atoms with Crippen molar-refractivity contribution in [2.45, 2.75) is 0 Å². The highest BCUT2D eigenvalue weighted by Crippen LogP contribution is 2.34. The lowest BCUT2D eigenvalue weighted by molar-refractivity contribution is 0.408. The number of rotatable bonds is 1. The van der Waals surface area contributed by atoms with Crippen LogP contribution in [0.15, 0.2) is 21.1 Å². The number of ether oxygens (including phenoxy) is 1. The third kappa shape index (κ3) is 1.87. The summed E-state index contributed by atoms with van der Waals surface area (Å²) >= 11 is 6.41. The fourth-order valence-electron chi connectivity index (χ4n) is 0.675. The van der Waals surface area contributed by atoms with Crippen LogP contribution in [-0.2, 0) is 0 Å². The van der Waals surface area contributed by atoms with Gasteiger partial charge in [-0.15, -0.1) is 0 Å². The Bertz CT molecular complexity index is 273. The molecule has 0 unspecified atom stereocenters. The van der Waals surface area contributed by atoms with Crippen molar-refractivity contribution in [2.75, 3.05) is 7.11 Å². The zero-order valence-electron chi connectivity index (χ0n) is 5.77. The molecule has 0 amide bonds. The average molecular weight is 282 g/mol. The highest BCUT2D eigenvalue weighted by atomic mass is 79.9. The van der Waals surface area contributed by atoms with Crippen molar-refractivity contribution in [1.29, 1.82) is 0 Å². The van der Waals surface area contributed by atoms with Crippen LogP contribution < -0.4 is 4.74 Å². The van der Waals surface area contributed by atoms with Crippen molar-refractivity contribution >= 4 is 31.9 Å². The Balaban J connectivity index is 3.21. The predicted octanol–water partition coefficient (Wildman–Crippen LogP) is 2.93. The number of phenolic OH excluding ortho intramolecular Hbond substituents is 1. The van der Waals surface area contributed by atoms with Gasteiger partial charge in [0.15, 0.2) is 0 Å². The molecule has 1 N–H and O–H groups in total. The van der Waals surface area contributed by atoms with Crippen molar-refractivity contribution in [1.82, 2.24) is 0 Å². The van der Waals surface area contributed by atoms with Gasteiger partial charge in [0.1, 0.15) is 11.5 Å². The lowest BCUT2D eigenvalue weighted by atomic mass is 10.3. The smallest absolute Gasteiger partial charge is 0.134 e. The van der Waals surface area contributed by atoms with E-state index >= 15 is 0 Å². The molecule has 0 aliphatic heterocycles. The molecule has 11 heavy (non-hydrogen) atoms. The third-order valence-corrected chi connectivity index (χ3v) is 2.48. The summed E-state index contributed by atoms with van der Waals surface area (Å²) in [6.07, 6.45) is 0. The molecule has 0 saturated carbocycles. The van der Waals surface area contributed by atoms with E-state index in [-0.39, 0.29) is 5.75 Å². The van der Waals surface area contributed by atoms with Crippen LogP contribution in [0.5, 0.6) is 11.5 Å². The Hall–Kier alpha value is -0.220. The number of hydrogen-bond acceptors (Lipinski definition) is 2. The zero-order chi connectivity index (χ0) is 8.43. The molecule has 1 aromatic carbocycles. The van der Waals surface area contributed by atoms with Gasteiger partial charge < -0.3 is 9.84 Å². The molecule has 1 rings (SSSR count). The summed E-state index contributed by atoms with van der Waals surface area (Å²) in [6, 6.07) is 3.27. The van der Waals surface area contributed by atoms with Crippen LogP contribution >= 0.6 is 31.9 Å². The van der Waals surface area contributed by atoms with Crippen molar-refractivity contribution < 1.29 is 9.84 Å². The molecule has 0 aliphatic carbocycles. The van der Waals surface area contributed by atoms with Crippen LogP contribution in [0, 0.1) is 0 Å². The summed E-state index contributed by atoms with van der Waals surface area (Å²) in [5.74, 6) is 0.882. The van der Waals surface area contributed by atoms with E-state index in [9.17, 15) is 5.11 Å². The van der Waals surface area contributed by atoms with Crippen LogP contribution in [0.4, 0.5) is 0 Å². The number of aromatic hydroxyl groups is 1. The number of benzene rings is 1. The van der Waals surface area contributed by atoms with Crippen LogP contribution in [-0.4, -0.2) is 12.2 Å². The molecule has 0 saturated heterocycles. The maximum Gasteiger partial charge on any atom is 0.134 e. The molecule has 0 heterocycles. The quantitative estimate of drug-likeness (QED) is 0.858. The van der Waals surface area contributed by atoms with Crippen molar-refractivity contribution in [2.24, 2.45) is 0 Å². The van der Waals surface area contributed by atoms with Crippen molar-refractivity contribution in [3.05, 3.63) is 21.1 Å². The van der Waals surface area contributed by atoms with E-state index in [1.54, 1.807) is 19.2 Å². The predicted molar refractivity (Wildman–Crippen MR) is 50.1 cm³/mol. The molecule has 0 radical (unpaired) electrons. The van der Waals surface area contributed by atoms with E-state index in [1.807, 2.05) is 0 Å². The summed E-state index contributed by atoms with van der Waals surface area (Å²) < 4.78 is 6.35. The second kappa shape index (κ2) is 3.45. The molecule has 4 heteroatoms. The van der Waals surface area contributed by atoms with Crippen LogP contribution in [0.1, 0.15) is 0 Å². The van der Waals surface area contributed by atoms with Crippen LogP contribution in [0.3, 0.4) is 0 Å². The van der Waals surface area contributed by atoms with Gasteiger partial charge in [-0.05, 0) is 44.0 Å². The minimum atomic E-state index is 0.192. The summed E-state index contributed by atoms with van der Waals surface area (Å²) in [6.45, 7) is 0. The summed E-state index contributed by atoms with van der Waals surface area (Å²) in [4.78, 5) is 0. The number of halogens is 2. The third-order valence-electron chi connectivity index (χ3n) is 1.22. The Kier molecular flexibility index (Phi) is 2.78. The Morgan fingerprint density at radius 2 is 1.91 bits per heavy atom. The molecule has 0 fully saturated rings. The second-order valence-corrected chi connectivity index (χ2v) is 3.65. The van der Waals surface area contributed by atoms with Crippen molar-refractivity contribution in [3.63, 3.8) is 0 Å². The minimum absolute atomic E-state index is 0.192. The first kappa shape index (κ1) is 8.87. The van der Waals surface area contributed by atoms with Gasteiger partial charge in [0.2, 0.25) is 0 Å². The first-order valence-electron chi connectivity index (χ1n) is 2.87. The monoisotopic (exact) mass is 280 g/mol. The molecule has 1 aromatic rings. The molecular weight excluding hydrogens is 276 g/mol. The standard InChI is InChI=1S/C7H6Br2O2/c1-11-7-3-4(8)6(10)2-5(7)9/h2-3,10H,1H3. The van der Waals surface area contributed by atoms with Gasteiger partial charge >= 0.3 is 0 Å².